The Morgan fingerprint density at radius 1 is 1.86 bits per heavy atom. The summed E-state index contributed by atoms with van der Waals surface area (Å²) >= 11 is 1.96. The maximum absolute atomic E-state index is 9.97. The van der Waals surface area contributed by atoms with E-state index in [1.54, 1.807) is 0 Å². The van der Waals surface area contributed by atoms with Crippen molar-refractivity contribution in [3.8, 4) is 0 Å². The number of nitrogens with one attached hydrogen (secondary N) is 2. The highest BCUT2D eigenvalue weighted by atomic mass is 127. The minimum Gasteiger partial charge on any atom is -0.772 e. The molecule has 0 amide bonds. The van der Waals surface area contributed by atoms with E-state index in [0.29, 0.717) is 14.1 Å². The van der Waals surface area contributed by atoms with Crippen LogP contribution < -0.4 is 8.50 Å². The van der Waals surface area contributed by atoms with E-state index in [4.69, 9.17) is 0 Å². The van der Waals surface area contributed by atoms with Crippen molar-refractivity contribution < 1.29 is 0 Å². The van der Waals surface area contributed by atoms with Crippen molar-refractivity contribution in [1.29, 1.82) is 0 Å². The van der Waals surface area contributed by atoms with Crippen molar-refractivity contribution >= 4 is 31.7 Å². The molecular formula is CH6IN3OP-. The van der Waals surface area contributed by atoms with Crippen LogP contribution in [-0.2, 0) is 0 Å². The van der Waals surface area contributed by atoms with E-state index in [2.05, 4.69) is 8.50 Å². The van der Waals surface area contributed by atoms with Crippen LogP contribution in [0.3, 0.4) is 0 Å². The fourth-order valence-electron chi connectivity index (χ4n) is 0.0999. The zero-order valence-electron chi connectivity index (χ0n) is 3.73. The molecular weight excluding hydrogens is 228 g/mol. The van der Waals surface area contributed by atoms with E-state index in [-0.39, 0.29) is 0 Å². The van der Waals surface area contributed by atoms with Crippen LogP contribution in [0.25, 0.3) is 0 Å². The minimum absolute atomic E-state index is 0.295. The first-order valence-electron chi connectivity index (χ1n) is 1.54. The van der Waals surface area contributed by atoms with Crippen LogP contribution in [0.1, 0.15) is 0 Å². The van der Waals surface area contributed by atoms with Crippen LogP contribution in [0.4, 0.5) is 0 Å². The van der Waals surface area contributed by atoms with Crippen molar-refractivity contribution in [2.45, 2.75) is 0 Å². The molecule has 0 rings (SSSR count). The summed E-state index contributed by atoms with van der Waals surface area (Å²) in [7, 11) is 1.70. The molecule has 0 aliphatic heterocycles. The largest absolute Gasteiger partial charge is 0.772 e. The molecule has 0 aliphatic carbocycles. The van der Waals surface area contributed by atoms with Gasteiger partial charge in [-0.1, -0.05) is 0 Å². The topological polar surface area (TPSA) is 50.4 Å². The van der Waals surface area contributed by atoms with Crippen molar-refractivity contribution in [3.63, 3.8) is 0 Å². The van der Waals surface area contributed by atoms with Crippen molar-refractivity contribution in [2.24, 2.45) is 0 Å². The molecule has 0 saturated heterocycles. The molecule has 0 heterocycles. The number of nitrogens with zero attached hydrogens (tertiary/aromatic N) is 1. The molecule has 7 heavy (non-hydrogen) atoms. The Labute approximate surface area is 58.0 Å². The van der Waals surface area contributed by atoms with E-state index in [1.165, 1.54) is 7.05 Å². The summed E-state index contributed by atoms with van der Waals surface area (Å²) in [5, 5.41) is 13.1. The van der Waals surface area contributed by atoms with E-state index in [0.717, 1.165) is 0 Å². The Morgan fingerprint density at radius 3 is 2.57 bits per heavy atom. The average molecular weight is 234 g/mol. The highest BCUT2D eigenvalue weighted by Crippen LogP contribution is 1.96. The van der Waals surface area contributed by atoms with Crippen LogP contribution in [0, 0.1) is 5.21 Å². The molecule has 0 aliphatic rings. The zero-order chi connectivity index (χ0) is 5.70. The molecule has 0 spiro atoms. The number of hydrogen-bond acceptors (Lipinski definition) is 4. The second-order valence-corrected chi connectivity index (χ2v) is 3.11. The molecule has 0 aromatic carbocycles. The third-order valence-corrected chi connectivity index (χ3v) is 1.59. The van der Waals surface area contributed by atoms with Crippen LogP contribution >= 0.6 is 31.7 Å². The van der Waals surface area contributed by atoms with Gasteiger partial charge in [0.1, 0.15) is 0 Å². The van der Waals surface area contributed by atoms with Crippen LogP contribution in [-0.4, -0.2) is 12.2 Å². The van der Waals surface area contributed by atoms with Crippen LogP contribution in [0.2, 0.25) is 0 Å². The maximum atomic E-state index is 9.97. The summed E-state index contributed by atoms with van der Waals surface area (Å²) in [6.45, 7) is 0. The van der Waals surface area contributed by atoms with Gasteiger partial charge in [0.15, 0.2) is 0 Å². The Hall–Kier alpha value is 1.00. The van der Waals surface area contributed by atoms with E-state index < -0.39 is 0 Å². The summed E-state index contributed by atoms with van der Waals surface area (Å²) in [5.74, 6) is 0. The molecule has 0 aromatic rings. The van der Waals surface area contributed by atoms with Gasteiger partial charge in [0.05, 0.1) is 0 Å². The fraction of sp³-hybridized carbons (Fsp3) is 1.00. The molecule has 0 bridgehead atoms. The van der Waals surface area contributed by atoms with Gasteiger partial charge in [0.25, 0.3) is 0 Å². The lowest BCUT2D eigenvalue weighted by Gasteiger charge is -2.21. The molecule has 0 saturated carbocycles. The lowest BCUT2D eigenvalue weighted by molar-refractivity contribution is 0.432. The average Bonchev–Trinajstić information content (AvgIpc) is 1.61. The minimum atomic E-state index is 0.295. The lowest BCUT2D eigenvalue weighted by Crippen LogP contribution is -2.21. The molecule has 1 atom stereocenters. The Morgan fingerprint density at radius 2 is 2.43 bits per heavy atom. The number of rotatable bonds is 3. The normalized spacial score (nSPS) is 12.0. The molecule has 2 N–H and O–H groups in total. The molecule has 0 aromatic heterocycles. The first-order chi connectivity index (χ1) is 3.27. The summed E-state index contributed by atoms with van der Waals surface area (Å²) in [5.41, 5.74) is 0. The molecule has 0 fully saturated rings. The van der Waals surface area contributed by atoms with Crippen molar-refractivity contribution in [2.75, 3.05) is 7.05 Å². The van der Waals surface area contributed by atoms with E-state index in [9.17, 15) is 5.21 Å². The van der Waals surface area contributed by atoms with Gasteiger partial charge >= 0.3 is 0 Å². The van der Waals surface area contributed by atoms with E-state index >= 15 is 0 Å². The summed E-state index contributed by atoms with van der Waals surface area (Å²) in [6.07, 6.45) is 0. The Balaban J connectivity index is 2.68. The van der Waals surface area contributed by atoms with Crippen molar-refractivity contribution in [3.05, 3.63) is 5.21 Å². The zero-order valence-corrected chi connectivity index (χ0v) is 6.89. The fourth-order valence-corrected chi connectivity index (χ4v) is 0.661. The SMILES string of the molecule is CN([O-])NPNI. The Kier molecular flexibility index (Phi) is 5.88. The molecule has 44 valence electrons. The monoisotopic (exact) mass is 234 g/mol. The Bertz CT molecular complexity index is 43.9. The van der Waals surface area contributed by atoms with Gasteiger partial charge in [-0.3, -0.25) is 0 Å². The standard InChI is InChI=1S/CH6IN3OP/c1-5(6)4-7-3-2/h3-4,7H,1H3/q-1. The third-order valence-electron chi connectivity index (χ3n) is 0.261. The number of hydroxylamine groups is 1. The lowest BCUT2D eigenvalue weighted by atomic mass is 11.5. The van der Waals surface area contributed by atoms with Crippen LogP contribution in [0.15, 0.2) is 0 Å². The summed E-state index contributed by atoms with van der Waals surface area (Å²) in [6, 6.07) is 0. The van der Waals surface area contributed by atoms with Gasteiger partial charge in [-0.2, -0.15) is 0 Å². The summed E-state index contributed by atoms with van der Waals surface area (Å²) in [4.78, 5) is 0. The highest BCUT2D eigenvalue weighted by molar-refractivity contribution is 14.1. The second kappa shape index (κ2) is 5.14. The molecule has 4 nitrogen and oxygen atoms in total. The first kappa shape index (κ1) is 8.00. The predicted molar refractivity (Wildman–Crippen MR) is 39.7 cm³/mol. The second-order valence-electron chi connectivity index (χ2n) is 0.829. The maximum Gasteiger partial charge on any atom is 0.0411 e. The predicted octanol–water partition coefficient (Wildman–Crippen LogP) is 0.369. The third kappa shape index (κ3) is 7.00. The summed E-state index contributed by atoms with van der Waals surface area (Å²) < 4.78 is 2.74. The van der Waals surface area contributed by atoms with Gasteiger partial charge in [-0.15, -0.1) is 0 Å². The number of halogens is 1. The molecule has 0 radical (unpaired) electrons. The quantitative estimate of drug-likeness (QED) is 0.320. The van der Waals surface area contributed by atoms with Gasteiger partial charge in [0.2, 0.25) is 0 Å². The number of hydrogen-bond donors (Lipinski definition) is 2. The van der Waals surface area contributed by atoms with Gasteiger partial charge < -0.3 is 10.4 Å². The molecule has 1 unspecified atom stereocenters. The molecule has 6 heteroatoms. The van der Waals surface area contributed by atoms with Crippen LogP contribution in [0.5, 0.6) is 0 Å². The first-order valence-corrected chi connectivity index (χ1v) is 3.62. The van der Waals surface area contributed by atoms with Gasteiger partial charge in [-0.05, 0) is 7.05 Å². The number of hydrazine groups is 1. The smallest absolute Gasteiger partial charge is 0.0411 e. The van der Waals surface area contributed by atoms with Crippen molar-refractivity contribution in [1.82, 2.24) is 13.7 Å². The van der Waals surface area contributed by atoms with Gasteiger partial charge in [0, 0.05) is 31.7 Å². The highest BCUT2D eigenvalue weighted by Gasteiger charge is 1.74. The van der Waals surface area contributed by atoms with Gasteiger partial charge in [-0.25, -0.2) is 8.50 Å². The van der Waals surface area contributed by atoms with E-state index in [1.807, 2.05) is 22.9 Å².